The molecule has 0 radical (unpaired) electrons. The van der Waals surface area contributed by atoms with Crippen LogP contribution < -0.4 is 0 Å². The summed E-state index contributed by atoms with van der Waals surface area (Å²) in [4.78, 5) is 45.3. The van der Waals surface area contributed by atoms with Crippen LogP contribution >= 0.6 is 0 Å². The fourth-order valence-corrected chi connectivity index (χ4v) is 2.39. The van der Waals surface area contributed by atoms with Gasteiger partial charge in [-0.3, -0.25) is 9.63 Å². The molecule has 8 heteroatoms. The Balaban J connectivity index is 2.17. The molecule has 2 aromatic rings. The third-order valence-electron chi connectivity index (χ3n) is 3.46. The minimum atomic E-state index is -2.59. The van der Waals surface area contributed by atoms with Crippen molar-refractivity contribution in [2.24, 2.45) is 5.16 Å². The largest absolute Gasteiger partial charge is 0.381 e. The van der Waals surface area contributed by atoms with Crippen molar-refractivity contribution in [3.05, 3.63) is 81.9 Å². The smallest absolute Gasteiger partial charge is 0.314 e. The fourth-order valence-electron chi connectivity index (χ4n) is 2.39. The molecule has 1 unspecified atom stereocenters. The van der Waals surface area contributed by atoms with E-state index < -0.39 is 22.4 Å². The highest BCUT2D eigenvalue weighted by molar-refractivity contribution is 6.37. The minimum absolute atomic E-state index is 0.0573. The molecule has 0 aliphatic carbocycles. The Bertz CT molecular complexity index is 834. The second kappa shape index (κ2) is 5.92. The molecule has 120 valence electrons. The summed E-state index contributed by atoms with van der Waals surface area (Å²) in [6.45, 7) is 0. The first-order valence-electron chi connectivity index (χ1n) is 6.84. The zero-order valence-corrected chi connectivity index (χ0v) is 12.1. The van der Waals surface area contributed by atoms with Crippen molar-refractivity contribution in [2.75, 3.05) is 0 Å². The number of benzene rings is 2. The van der Waals surface area contributed by atoms with E-state index in [0.29, 0.717) is 5.56 Å². The van der Waals surface area contributed by atoms with Crippen LogP contribution in [0.5, 0.6) is 0 Å². The van der Waals surface area contributed by atoms with Crippen molar-refractivity contribution in [1.82, 2.24) is 0 Å². The molecule has 0 N–H and O–H groups in total. The molecule has 0 fully saturated rings. The zero-order chi connectivity index (χ0) is 17.2. The fraction of sp³-hybridized carbons (Fsp3) is 0.0625. The van der Waals surface area contributed by atoms with E-state index >= 15 is 0 Å². The Kier molecular flexibility index (Phi) is 3.78. The van der Waals surface area contributed by atoms with Crippen LogP contribution in [-0.4, -0.2) is 28.2 Å². The van der Waals surface area contributed by atoms with Crippen molar-refractivity contribution in [1.29, 1.82) is 0 Å². The van der Waals surface area contributed by atoms with Gasteiger partial charge in [0.2, 0.25) is 5.78 Å². The number of carbonyl (C=O) groups is 2. The van der Waals surface area contributed by atoms with Crippen molar-refractivity contribution in [3.63, 3.8) is 0 Å². The molecule has 2 aromatic carbocycles. The summed E-state index contributed by atoms with van der Waals surface area (Å²) >= 11 is 0. The van der Waals surface area contributed by atoms with E-state index in [-0.39, 0.29) is 11.3 Å². The Hall–Kier alpha value is -3.55. The van der Waals surface area contributed by atoms with E-state index in [1.165, 1.54) is 24.3 Å². The molecule has 1 aliphatic rings. The van der Waals surface area contributed by atoms with Crippen LogP contribution in [0.3, 0.4) is 0 Å². The van der Waals surface area contributed by atoms with Gasteiger partial charge >= 0.3 is 11.6 Å². The Morgan fingerprint density at radius 3 is 2.25 bits per heavy atom. The van der Waals surface area contributed by atoms with Crippen LogP contribution in [0, 0.1) is 10.1 Å². The van der Waals surface area contributed by atoms with Crippen LogP contribution in [-0.2, 0) is 14.5 Å². The van der Waals surface area contributed by atoms with Gasteiger partial charge in [0.05, 0.1) is 0 Å². The average molecular weight is 326 g/mol. The SMILES string of the molecule is O=C1ON=C(c2ccccc2)C1(O[N+](=O)[O-])C(=O)c1ccccc1. The lowest BCUT2D eigenvalue weighted by Crippen LogP contribution is -2.54. The number of carbonyl (C=O) groups excluding carboxylic acids is 2. The zero-order valence-electron chi connectivity index (χ0n) is 12.1. The molecule has 3 rings (SSSR count). The van der Waals surface area contributed by atoms with Crippen LogP contribution in [0.15, 0.2) is 65.8 Å². The first-order valence-corrected chi connectivity index (χ1v) is 6.84. The predicted octanol–water partition coefficient (Wildman–Crippen LogP) is 1.78. The Morgan fingerprint density at radius 1 is 1.08 bits per heavy atom. The molecule has 0 spiro atoms. The van der Waals surface area contributed by atoms with Gasteiger partial charge in [0.25, 0.3) is 5.09 Å². The number of hydrogen-bond donors (Lipinski definition) is 0. The number of ketones is 1. The van der Waals surface area contributed by atoms with Crippen molar-refractivity contribution in [3.8, 4) is 0 Å². The van der Waals surface area contributed by atoms with Gasteiger partial charge in [0.1, 0.15) is 5.71 Å². The summed E-state index contributed by atoms with van der Waals surface area (Å²) in [7, 11) is 0. The highest BCUT2D eigenvalue weighted by Gasteiger charge is 2.61. The quantitative estimate of drug-likeness (QED) is 0.272. The van der Waals surface area contributed by atoms with Gasteiger partial charge in [-0.25, -0.2) is 4.79 Å². The van der Waals surface area contributed by atoms with E-state index in [1.54, 1.807) is 36.4 Å². The molecular weight excluding hydrogens is 316 g/mol. The summed E-state index contributed by atoms with van der Waals surface area (Å²) < 4.78 is 0. The number of hydrogen-bond acceptors (Lipinski definition) is 7. The van der Waals surface area contributed by atoms with Crippen LogP contribution in [0.25, 0.3) is 0 Å². The number of rotatable bonds is 5. The maximum Gasteiger partial charge on any atom is 0.381 e. The monoisotopic (exact) mass is 326 g/mol. The normalized spacial score (nSPS) is 19.3. The molecule has 0 saturated heterocycles. The summed E-state index contributed by atoms with van der Waals surface area (Å²) in [6.07, 6.45) is 0. The highest BCUT2D eigenvalue weighted by atomic mass is 17.0. The van der Waals surface area contributed by atoms with Gasteiger partial charge in [-0.1, -0.05) is 65.8 Å². The second-order valence-corrected chi connectivity index (χ2v) is 4.88. The molecule has 8 nitrogen and oxygen atoms in total. The third kappa shape index (κ3) is 2.39. The Morgan fingerprint density at radius 2 is 1.67 bits per heavy atom. The Labute approximate surface area is 135 Å². The molecule has 1 heterocycles. The maximum atomic E-state index is 12.9. The van der Waals surface area contributed by atoms with Gasteiger partial charge in [-0.05, 0) is 0 Å². The summed E-state index contributed by atoms with van der Waals surface area (Å²) in [6, 6.07) is 15.7. The molecule has 24 heavy (non-hydrogen) atoms. The van der Waals surface area contributed by atoms with Gasteiger partial charge in [-0.15, -0.1) is 10.1 Å². The minimum Gasteiger partial charge on any atom is -0.314 e. The first kappa shape index (κ1) is 15.3. The highest BCUT2D eigenvalue weighted by Crippen LogP contribution is 2.30. The molecule has 0 saturated carbocycles. The lowest BCUT2D eigenvalue weighted by Gasteiger charge is -2.22. The molecule has 0 aromatic heterocycles. The van der Waals surface area contributed by atoms with Gasteiger partial charge in [0, 0.05) is 11.1 Å². The number of oxime groups is 1. The summed E-state index contributed by atoms with van der Waals surface area (Å²) in [5.74, 6) is -2.18. The second-order valence-electron chi connectivity index (χ2n) is 4.88. The van der Waals surface area contributed by atoms with E-state index in [2.05, 4.69) is 14.8 Å². The maximum absolute atomic E-state index is 12.9. The van der Waals surface area contributed by atoms with E-state index in [9.17, 15) is 19.7 Å². The van der Waals surface area contributed by atoms with Gasteiger partial charge < -0.3 is 4.84 Å². The molecular formula is C16H10N2O6. The summed E-state index contributed by atoms with van der Waals surface area (Å²) in [5.41, 5.74) is -2.50. The number of Topliss-reactive ketones (excluding diaryl/α,β-unsaturated/α-hetero) is 1. The van der Waals surface area contributed by atoms with Gasteiger partial charge in [0.15, 0.2) is 0 Å². The summed E-state index contributed by atoms with van der Waals surface area (Å²) in [5, 5.41) is 13.3. The van der Waals surface area contributed by atoms with E-state index in [0.717, 1.165) is 0 Å². The van der Waals surface area contributed by atoms with Crippen molar-refractivity contribution < 1.29 is 24.4 Å². The van der Waals surface area contributed by atoms with E-state index in [1.807, 2.05) is 0 Å². The first-order chi connectivity index (χ1) is 11.6. The molecule has 1 aliphatic heterocycles. The van der Waals surface area contributed by atoms with E-state index in [4.69, 9.17) is 0 Å². The average Bonchev–Trinajstić information content (AvgIpc) is 2.92. The van der Waals surface area contributed by atoms with Crippen molar-refractivity contribution in [2.45, 2.75) is 5.60 Å². The topological polar surface area (TPSA) is 108 Å². The standard InChI is InChI=1S/C16H10N2O6/c19-14(12-9-5-2-6-10-12)16(24-18(21)22)13(17-23-15(16)20)11-7-3-1-4-8-11/h1-10H. The lowest BCUT2D eigenvalue weighted by atomic mass is 9.85. The van der Waals surface area contributed by atoms with Crippen LogP contribution in [0.1, 0.15) is 15.9 Å². The molecule has 0 amide bonds. The van der Waals surface area contributed by atoms with Crippen LogP contribution in [0.4, 0.5) is 0 Å². The molecule has 0 bridgehead atoms. The molecule has 1 atom stereocenters. The third-order valence-corrected chi connectivity index (χ3v) is 3.46. The van der Waals surface area contributed by atoms with Crippen LogP contribution in [0.2, 0.25) is 0 Å². The predicted molar refractivity (Wildman–Crippen MR) is 80.7 cm³/mol. The van der Waals surface area contributed by atoms with Gasteiger partial charge in [-0.2, -0.15) is 0 Å². The lowest BCUT2D eigenvalue weighted by molar-refractivity contribution is -0.766. The number of nitrogens with zero attached hydrogens (tertiary/aromatic N) is 2. The van der Waals surface area contributed by atoms with Crippen molar-refractivity contribution >= 4 is 17.5 Å².